The van der Waals surface area contributed by atoms with Crippen LogP contribution in [0.25, 0.3) is 11.0 Å². The summed E-state index contributed by atoms with van der Waals surface area (Å²) in [5.74, 6) is 1.09. The van der Waals surface area contributed by atoms with E-state index in [1.807, 2.05) is 9.80 Å². The second-order valence-corrected chi connectivity index (χ2v) is 5.97. The predicted octanol–water partition coefficient (Wildman–Crippen LogP) is 4.08. The summed E-state index contributed by atoms with van der Waals surface area (Å²) in [6, 6.07) is 0. The maximum Gasteiger partial charge on any atom is 0.225 e. The van der Waals surface area contributed by atoms with Crippen LogP contribution in [0.3, 0.4) is 0 Å². The van der Waals surface area contributed by atoms with Crippen LogP contribution >= 0.6 is 23.2 Å². The van der Waals surface area contributed by atoms with Gasteiger partial charge in [-0.3, -0.25) is 0 Å². The first-order valence-electron chi connectivity index (χ1n) is 7.89. The fraction of sp³-hybridized carbons (Fsp3) is 0.222. The number of halogens is 2. The average molecular weight is 391 g/mol. The van der Waals surface area contributed by atoms with Crippen molar-refractivity contribution >= 4 is 45.9 Å². The van der Waals surface area contributed by atoms with E-state index in [0.29, 0.717) is 48.8 Å². The Balaban J connectivity index is 2.77. The van der Waals surface area contributed by atoms with Crippen molar-refractivity contribution in [1.29, 1.82) is 0 Å². The SMILES string of the molecule is C=CCN(CC=C)c1nc(Cl)nc2c(N(CC=C)CC=C)nc(Cl)nc12. The lowest BCUT2D eigenvalue weighted by molar-refractivity contribution is 0.908. The van der Waals surface area contributed by atoms with Crippen molar-refractivity contribution in [3.05, 3.63) is 61.2 Å². The molecular formula is C18H20Cl2N6. The van der Waals surface area contributed by atoms with Crippen LogP contribution in [0, 0.1) is 0 Å². The number of fused-ring (bicyclic) bond motifs is 1. The third-order valence-corrected chi connectivity index (χ3v) is 3.79. The molecular weight excluding hydrogens is 371 g/mol. The molecule has 2 rings (SSSR count). The molecule has 0 N–H and O–H groups in total. The van der Waals surface area contributed by atoms with Gasteiger partial charge in [0, 0.05) is 26.2 Å². The van der Waals surface area contributed by atoms with Gasteiger partial charge in [0.25, 0.3) is 0 Å². The second kappa shape index (κ2) is 9.31. The molecule has 0 spiro atoms. The lowest BCUT2D eigenvalue weighted by Gasteiger charge is -2.24. The maximum atomic E-state index is 6.19. The number of rotatable bonds is 10. The van der Waals surface area contributed by atoms with Crippen LogP contribution in [0.15, 0.2) is 50.6 Å². The molecule has 2 heterocycles. The van der Waals surface area contributed by atoms with E-state index in [9.17, 15) is 0 Å². The van der Waals surface area contributed by atoms with Crippen LogP contribution in [-0.4, -0.2) is 46.1 Å². The first kappa shape index (κ1) is 19.9. The molecule has 6 nitrogen and oxygen atoms in total. The lowest BCUT2D eigenvalue weighted by Crippen LogP contribution is -2.27. The van der Waals surface area contributed by atoms with Crippen molar-refractivity contribution in [3.63, 3.8) is 0 Å². The molecule has 2 aromatic heterocycles. The average Bonchev–Trinajstić information content (AvgIpc) is 2.60. The Morgan fingerprint density at radius 3 is 1.19 bits per heavy atom. The van der Waals surface area contributed by atoms with Gasteiger partial charge in [-0.1, -0.05) is 24.3 Å². The van der Waals surface area contributed by atoms with E-state index in [2.05, 4.69) is 46.3 Å². The van der Waals surface area contributed by atoms with Crippen molar-refractivity contribution in [2.24, 2.45) is 0 Å². The molecule has 136 valence electrons. The fourth-order valence-corrected chi connectivity index (χ4v) is 2.82. The van der Waals surface area contributed by atoms with Crippen molar-refractivity contribution in [2.45, 2.75) is 0 Å². The van der Waals surface area contributed by atoms with Crippen LogP contribution in [0.5, 0.6) is 0 Å². The van der Waals surface area contributed by atoms with Gasteiger partial charge < -0.3 is 9.80 Å². The van der Waals surface area contributed by atoms with Gasteiger partial charge in [-0.2, -0.15) is 9.97 Å². The fourth-order valence-electron chi connectivity index (χ4n) is 2.49. The van der Waals surface area contributed by atoms with E-state index in [1.54, 1.807) is 24.3 Å². The zero-order valence-electron chi connectivity index (χ0n) is 14.4. The van der Waals surface area contributed by atoms with Gasteiger partial charge in [0.05, 0.1) is 0 Å². The number of anilines is 2. The molecule has 8 heteroatoms. The van der Waals surface area contributed by atoms with Crippen LogP contribution in [-0.2, 0) is 0 Å². The molecule has 0 amide bonds. The molecule has 0 unspecified atom stereocenters. The van der Waals surface area contributed by atoms with Gasteiger partial charge in [0.2, 0.25) is 10.6 Å². The molecule has 0 fully saturated rings. The van der Waals surface area contributed by atoms with Crippen LogP contribution in [0.2, 0.25) is 10.6 Å². The Morgan fingerprint density at radius 1 is 0.615 bits per heavy atom. The molecule has 0 atom stereocenters. The highest BCUT2D eigenvalue weighted by Crippen LogP contribution is 2.31. The summed E-state index contributed by atoms with van der Waals surface area (Å²) in [6.07, 6.45) is 7.04. The number of nitrogens with zero attached hydrogens (tertiary/aromatic N) is 6. The minimum atomic E-state index is 0.0925. The molecule has 0 saturated heterocycles. The minimum Gasteiger partial charge on any atom is -0.347 e. The van der Waals surface area contributed by atoms with E-state index in [4.69, 9.17) is 23.2 Å². The highest BCUT2D eigenvalue weighted by molar-refractivity contribution is 6.30. The largest absolute Gasteiger partial charge is 0.347 e. The molecule has 0 aromatic carbocycles. The summed E-state index contributed by atoms with van der Waals surface area (Å²) >= 11 is 12.4. The lowest BCUT2D eigenvalue weighted by atomic mass is 10.3. The smallest absolute Gasteiger partial charge is 0.225 e. The zero-order valence-corrected chi connectivity index (χ0v) is 15.9. The van der Waals surface area contributed by atoms with Crippen LogP contribution in [0.4, 0.5) is 11.6 Å². The van der Waals surface area contributed by atoms with Crippen molar-refractivity contribution in [1.82, 2.24) is 19.9 Å². The van der Waals surface area contributed by atoms with Gasteiger partial charge in [-0.05, 0) is 23.2 Å². The molecule has 0 bridgehead atoms. The van der Waals surface area contributed by atoms with E-state index in [1.165, 1.54) is 0 Å². The monoisotopic (exact) mass is 390 g/mol. The Morgan fingerprint density at radius 2 is 0.923 bits per heavy atom. The van der Waals surface area contributed by atoms with E-state index in [-0.39, 0.29) is 10.6 Å². The van der Waals surface area contributed by atoms with Gasteiger partial charge >= 0.3 is 0 Å². The molecule has 0 aliphatic carbocycles. The van der Waals surface area contributed by atoms with Gasteiger partial charge in [-0.25, -0.2) is 9.97 Å². The second-order valence-electron chi connectivity index (χ2n) is 5.29. The number of aromatic nitrogens is 4. The van der Waals surface area contributed by atoms with Crippen molar-refractivity contribution in [3.8, 4) is 0 Å². The highest BCUT2D eigenvalue weighted by Gasteiger charge is 2.20. The minimum absolute atomic E-state index is 0.0925. The van der Waals surface area contributed by atoms with Crippen molar-refractivity contribution < 1.29 is 0 Å². The number of hydrogen-bond donors (Lipinski definition) is 0. The summed E-state index contributed by atoms with van der Waals surface area (Å²) in [4.78, 5) is 21.2. The summed E-state index contributed by atoms with van der Waals surface area (Å²) in [7, 11) is 0. The standard InChI is InChI=1S/C18H20Cl2N6/c1-5-9-25(10-6-2)15-13-14(22-17(19)23-15)16(24-18(20)21-13)26(11-7-3)12-8-4/h5-8H,1-4,9-12H2. The highest BCUT2D eigenvalue weighted by atomic mass is 35.5. The summed E-state index contributed by atoms with van der Waals surface area (Å²) < 4.78 is 0. The normalized spacial score (nSPS) is 10.4. The topological polar surface area (TPSA) is 58.0 Å². The first-order chi connectivity index (χ1) is 12.5. The summed E-state index contributed by atoms with van der Waals surface area (Å²) in [5, 5.41) is 0.185. The predicted molar refractivity (Wildman–Crippen MR) is 110 cm³/mol. The number of hydrogen-bond acceptors (Lipinski definition) is 6. The molecule has 0 aliphatic rings. The van der Waals surface area contributed by atoms with E-state index in [0.717, 1.165) is 0 Å². The summed E-state index contributed by atoms with van der Waals surface area (Å²) in [6.45, 7) is 17.3. The quantitative estimate of drug-likeness (QED) is 0.449. The van der Waals surface area contributed by atoms with E-state index < -0.39 is 0 Å². The Bertz CT molecular complexity index is 747. The van der Waals surface area contributed by atoms with Gasteiger partial charge in [0.15, 0.2) is 11.6 Å². The Kier molecular flexibility index (Phi) is 7.12. The van der Waals surface area contributed by atoms with Crippen LogP contribution < -0.4 is 9.80 Å². The van der Waals surface area contributed by atoms with Gasteiger partial charge in [-0.15, -0.1) is 26.3 Å². The third-order valence-electron chi connectivity index (χ3n) is 3.45. The molecule has 2 aromatic rings. The Labute approximate surface area is 163 Å². The molecule has 26 heavy (non-hydrogen) atoms. The maximum absolute atomic E-state index is 6.19. The zero-order chi connectivity index (χ0) is 19.1. The molecule has 0 saturated carbocycles. The van der Waals surface area contributed by atoms with Gasteiger partial charge in [0.1, 0.15) is 11.0 Å². The molecule has 0 radical (unpaired) electrons. The third kappa shape index (κ3) is 4.39. The Hall–Kier alpha value is -2.44. The molecule has 0 aliphatic heterocycles. The first-order valence-corrected chi connectivity index (χ1v) is 8.65. The van der Waals surface area contributed by atoms with Crippen molar-refractivity contribution in [2.75, 3.05) is 36.0 Å². The summed E-state index contributed by atoms with van der Waals surface area (Å²) in [5.41, 5.74) is 1.01. The van der Waals surface area contributed by atoms with Crippen LogP contribution in [0.1, 0.15) is 0 Å². The van der Waals surface area contributed by atoms with E-state index >= 15 is 0 Å².